The van der Waals surface area contributed by atoms with Crippen LogP contribution in [0.25, 0.3) is 0 Å². The van der Waals surface area contributed by atoms with E-state index in [1.165, 1.54) is 22.5 Å². The number of nitrogens with zero attached hydrogens (tertiary/aromatic N) is 1. The molecule has 92 valence electrons. The van der Waals surface area contributed by atoms with Crippen LogP contribution < -0.4 is 0 Å². The van der Waals surface area contributed by atoms with Crippen LogP contribution in [-0.4, -0.2) is 36.3 Å². The average molecular weight is 273 g/mol. The molecule has 0 radical (unpaired) electrons. The molecule has 2 aliphatic rings. The highest BCUT2D eigenvalue weighted by Crippen LogP contribution is 2.40. The molecular weight excluding hydrogens is 261 g/mol. The predicted molar refractivity (Wildman–Crippen MR) is 64.9 cm³/mol. The quantitative estimate of drug-likeness (QED) is 0.823. The molecular formula is C11H12FNO2S2. The second-order valence-electron chi connectivity index (χ2n) is 4.38. The lowest BCUT2D eigenvalue weighted by Crippen LogP contribution is -2.39. The van der Waals surface area contributed by atoms with Gasteiger partial charge in [-0.25, -0.2) is 12.8 Å². The molecule has 2 unspecified atom stereocenters. The van der Waals surface area contributed by atoms with Crippen molar-refractivity contribution < 1.29 is 12.8 Å². The molecule has 2 atom stereocenters. The number of sulfonamides is 1. The fourth-order valence-electron chi connectivity index (χ4n) is 2.42. The molecule has 2 saturated heterocycles. The van der Waals surface area contributed by atoms with Crippen molar-refractivity contribution in [1.82, 2.24) is 4.31 Å². The van der Waals surface area contributed by atoms with Crippen LogP contribution in [0.15, 0.2) is 29.2 Å². The maximum absolute atomic E-state index is 13.1. The molecule has 17 heavy (non-hydrogen) atoms. The molecule has 3 nitrogen and oxygen atoms in total. The van der Waals surface area contributed by atoms with Crippen molar-refractivity contribution in [2.45, 2.75) is 22.6 Å². The maximum atomic E-state index is 13.1. The van der Waals surface area contributed by atoms with Gasteiger partial charge in [-0.15, -0.1) is 0 Å². The molecule has 3 rings (SSSR count). The van der Waals surface area contributed by atoms with Gasteiger partial charge in [0.25, 0.3) is 0 Å². The lowest BCUT2D eigenvalue weighted by molar-refractivity contribution is 0.409. The summed E-state index contributed by atoms with van der Waals surface area (Å²) in [6, 6.07) is 5.33. The summed E-state index contributed by atoms with van der Waals surface area (Å²) in [6.07, 6.45) is 0.930. The maximum Gasteiger partial charge on any atom is 0.243 e. The van der Waals surface area contributed by atoms with Crippen molar-refractivity contribution in [1.29, 1.82) is 0 Å². The number of fused-ring (bicyclic) bond motifs is 2. The first-order chi connectivity index (χ1) is 8.07. The number of hydrogen-bond acceptors (Lipinski definition) is 3. The minimum absolute atomic E-state index is 0.0649. The normalized spacial score (nSPS) is 28.8. The largest absolute Gasteiger partial charge is 0.243 e. The van der Waals surface area contributed by atoms with E-state index in [-0.39, 0.29) is 10.9 Å². The van der Waals surface area contributed by atoms with Gasteiger partial charge in [0.2, 0.25) is 10.0 Å². The molecule has 0 aliphatic carbocycles. The van der Waals surface area contributed by atoms with Crippen molar-refractivity contribution >= 4 is 21.8 Å². The minimum Gasteiger partial charge on any atom is -0.207 e. The molecule has 1 aromatic rings. The molecule has 6 heteroatoms. The predicted octanol–water partition coefficient (Wildman–Crippen LogP) is 1.70. The van der Waals surface area contributed by atoms with Gasteiger partial charge in [0, 0.05) is 23.6 Å². The third-order valence-electron chi connectivity index (χ3n) is 3.25. The van der Waals surface area contributed by atoms with Gasteiger partial charge < -0.3 is 0 Å². The van der Waals surface area contributed by atoms with E-state index in [2.05, 4.69) is 0 Å². The molecule has 2 heterocycles. The zero-order valence-corrected chi connectivity index (χ0v) is 10.7. The molecule has 0 aromatic heterocycles. The molecule has 2 bridgehead atoms. The van der Waals surface area contributed by atoms with Crippen molar-refractivity contribution in [3.63, 3.8) is 0 Å². The third-order valence-corrected chi connectivity index (χ3v) is 6.56. The van der Waals surface area contributed by atoms with E-state index in [1.807, 2.05) is 11.8 Å². The highest BCUT2D eigenvalue weighted by Gasteiger charge is 2.44. The fourth-order valence-corrected chi connectivity index (χ4v) is 5.76. The summed E-state index contributed by atoms with van der Waals surface area (Å²) in [5.41, 5.74) is 0. The van der Waals surface area contributed by atoms with Crippen LogP contribution >= 0.6 is 11.8 Å². The highest BCUT2D eigenvalue weighted by molar-refractivity contribution is 8.00. The number of thioether (sulfide) groups is 1. The zero-order valence-electron chi connectivity index (χ0n) is 9.04. The summed E-state index contributed by atoms with van der Waals surface area (Å²) in [5, 5.41) is 0.420. The van der Waals surface area contributed by atoms with E-state index in [1.54, 1.807) is 0 Å². The topological polar surface area (TPSA) is 37.4 Å². The SMILES string of the molecule is O=S(=O)(c1cccc(F)c1)N1CC2CC1CS2. The monoisotopic (exact) mass is 273 g/mol. The summed E-state index contributed by atoms with van der Waals surface area (Å²) >= 11 is 1.83. The van der Waals surface area contributed by atoms with Gasteiger partial charge in [0.15, 0.2) is 0 Å². The third kappa shape index (κ3) is 1.88. The van der Waals surface area contributed by atoms with Crippen molar-refractivity contribution in [3.8, 4) is 0 Å². The Morgan fingerprint density at radius 1 is 1.41 bits per heavy atom. The van der Waals surface area contributed by atoms with E-state index in [0.29, 0.717) is 11.8 Å². The van der Waals surface area contributed by atoms with Crippen molar-refractivity contribution in [2.24, 2.45) is 0 Å². The standard InChI is InChI=1S/C11H12FNO2S2/c12-8-2-1-3-11(4-8)17(14,15)13-6-10-5-9(13)7-16-10/h1-4,9-10H,5-7H2. The first-order valence-corrected chi connectivity index (χ1v) is 7.95. The van der Waals surface area contributed by atoms with E-state index >= 15 is 0 Å². The number of hydrogen-bond donors (Lipinski definition) is 0. The van der Waals surface area contributed by atoms with Crippen LogP contribution in [0, 0.1) is 5.82 Å². The number of benzene rings is 1. The zero-order chi connectivity index (χ0) is 12.0. The Morgan fingerprint density at radius 3 is 2.82 bits per heavy atom. The first kappa shape index (κ1) is 11.5. The fraction of sp³-hybridized carbons (Fsp3) is 0.455. The Labute approximate surface area is 104 Å². The number of rotatable bonds is 2. The average Bonchev–Trinajstić information content (AvgIpc) is 2.91. The summed E-state index contributed by atoms with van der Waals surface area (Å²) in [7, 11) is -3.51. The van der Waals surface area contributed by atoms with Gasteiger partial charge in [0.05, 0.1) is 4.90 Å². The second kappa shape index (κ2) is 3.96. The Morgan fingerprint density at radius 2 is 2.24 bits per heavy atom. The molecule has 1 aromatic carbocycles. The first-order valence-electron chi connectivity index (χ1n) is 5.46. The van der Waals surface area contributed by atoms with Gasteiger partial charge in [0.1, 0.15) is 5.82 Å². The summed E-state index contributed by atoms with van der Waals surface area (Å²) in [5.74, 6) is 0.351. The summed E-state index contributed by atoms with van der Waals surface area (Å²) in [4.78, 5) is 0.0649. The lowest BCUT2D eigenvalue weighted by Gasteiger charge is -2.25. The second-order valence-corrected chi connectivity index (χ2v) is 7.60. The Kier molecular flexibility index (Phi) is 2.68. The Bertz CT molecular complexity index is 546. The van der Waals surface area contributed by atoms with Crippen LogP contribution in [-0.2, 0) is 10.0 Å². The van der Waals surface area contributed by atoms with Crippen LogP contribution in [0.3, 0.4) is 0 Å². The van der Waals surface area contributed by atoms with E-state index in [4.69, 9.17) is 0 Å². The Balaban J connectivity index is 1.96. The highest BCUT2D eigenvalue weighted by atomic mass is 32.2. The van der Waals surface area contributed by atoms with Gasteiger partial charge in [-0.2, -0.15) is 16.1 Å². The Hall–Kier alpha value is -0.590. The smallest absolute Gasteiger partial charge is 0.207 e. The van der Waals surface area contributed by atoms with Gasteiger partial charge in [-0.1, -0.05) is 6.07 Å². The summed E-state index contributed by atoms with van der Waals surface area (Å²) in [6.45, 7) is 0.564. The molecule has 2 fully saturated rings. The van der Waals surface area contributed by atoms with E-state index < -0.39 is 15.8 Å². The van der Waals surface area contributed by atoms with Gasteiger partial charge in [-0.3, -0.25) is 0 Å². The van der Waals surface area contributed by atoms with Gasteiger partial charge >= 0.3 is 0 Å². The van der Waals surface area contributed by atoms with Crippen LogP contribution in [0.2, 0.25) is 0 Å². The summed E-state index contributed by atoms with van der Waals surface area (Å²) < 4.78 is 39.3. The van der Waals surface area contributed by atoms with Crippen LogP contribution in [0.5, 0.6) is 0 Å². The van der Waals surface area contributed by atoms with E-state index in [9.17, 15) is 12.8 Å². The van der Waals surface area contributed by atoms with Crippen molar-refractivity contribution in [3.05, 3.63) is 30.1 Å². The minimum atomic E-state index is -3.51. The lowest BCUT2D eigenvalue weighted by atomic mass is 10.3. The molecule has 0 amide bonds. The van der Waals surface area contributed by atoms with Crippen LogP contribution in [0.1, 0.15) is 6.42 Å². The number of halogens is 1. The van der Waals surface area contributed by atoms with E-state index in [0.717, 1.165) is 18.2 Å². The van der Waals surface area contributed by atoms with Crippen LogP contribution in [0.4, 0.5) is 4.39 Å². The van der Waals surface area contributed by atoms with Crippen molar-refractivity contribution in [2.75, 3.05) is 12.3 Å². The molecule has 0 spiro atoms. The molecule has 0 saturated carbocycles. The molecule has 0 N–H and O–H groups in total. The van der Waals surface area contributed by atoms with Gasteiger partial charge in [-0.05, 0) is 24.6 Å². The molecule has 2 aliphatic heterocycles.